The Morgan fingerprint density at radius 2 is 0.906 bits per heavy atom. The molecule has 0 spiro atoms. The smallest absolute Gasteiger partial charge is 0.147 e. The quantitative estimate of drug-likeness (QED) is 0.257. The zero-order chi connectivity index (χ0) is 23.7. The number of hydrogen-bond donors (Lipinski definition) is 0. The number of allylic oxidation sites excluding steroid dienone is 8. The molecule has 186 valence electrons. The van der Waals surface area contributed by atoms with Crippen molar-refractivity contribution >= 4 is 47.9 Å². The molecule has 0 saturated heterocycles. The van der Waals surface area contributed by atoms with E-state index in [1.165, 1.54) is 12.8 Å². The van der Waals surface area contributed by atoms with Crippen LogP contribution in [0.2, 0.25) is 48.6 Å². The van der Waals surface area contributed by atoms with Crippen molar-refractivity contribution in [3.05, 3.63) is 40.4 Å². The van der Waals surface area contributed by atoms with Gasteiger partial charge in [0.25, 0.3) is 0 Å². The molecular weight excluding hydrogens is 646 g/mol. The number of halogens is 2. The third kappa shape index (κ3) is 6.63. The molecule has 0 atom stereocenters. The van der Waals surface area contributed by atoms with Crippen molar-refractivity contribution in [3.63, 3.8) is 0 Å². The van der Waals surface area contributed by atoms with Gasteiger partial charge in [-0.25, -0.2) is 0 Å². The van der Waals surface area contributed by atoms with Crippen molar-refractivity contribution in [2.24, 2.45) is 10.8 Å². The molecule has 32 heavy (non-hydrogen) atoms. The molecule has 0 fully saturated rings. The van der Waals surface area contributed by atoms with E-state index in [4.69, 9.17) is 0 Å². The van der Waals surface area contributed by atoms with E-state index in [9.17, 15) is 0 Å². The Morgan fingerprint density at radius 1 is 0.656 bits per heavy atom. The molecule has 0 saturated carbocycles. The third-order valence-electron chi connectivity index (χ3n) is 7.50. The minimum atomic E-state index is -3.47. The van der Waals surface area contributed by atoms with Crippen molar-refractivity contribution in [3.8, 4) is 0 Å². The zero-order valence-corrected chi connectivity index (χ0v) is 32.2. The van der Waals surface area contributed by atoms with Gasteiger partial charge in [0.1, 0.15) is 0 Å². The summed E-state index contributed by atoms with van der Waals surface area (Å²) in [6.07, 6.45) is 7.91. The Balaban J connectivity index is 0.00000480. The van der Waals surface area contributed by atoms with Crippen molar-refractivity contribution in [1.29, 1.82) is 0 Å². The monoisotopic (exact) mass is 698 g/mol. The van der Waals surface area contributed by atoms with Crippen LogP contribution in [0.1, 0.15) is 54.4 Å². The Morgan fingerprint density at radius 3 is 1.09 bits per heavy atom. The van der Waals surface area contributed by atoms with E-state index in [-0.39, 0.29) is 35.6 Å². The summed E-state index contributed by atoms with van der Waals surface area (Å²) in [5, 5.41) is 3.57. The molecule has 2 rings (SSSR count). The zero-order valence-electron chi connectivity index (χ0n) is 23.6. The molecular formula is C26H52Cl2HfSi3. The summed E-state index contributed by atoms with van der Waals surface area (Å²) in [4.78, 5) is 0. The number of rotatable bonds is 4. The normalized spacial score (nSPS) is 19.0. The van der Waals surface area contributed by atoms with Crippen LogP contribution in [0.3, 0.4) is 0 Å². The van der Waals surface area contributed by atoms with E-state index in [1.54, 1.807) is 21.5 Å². The number of hydrogen-bond acceptors (Lipinski definition) is 0. The van der Waals surface area contributed by atoms with Gasteiger partial charge in [0.15, 0.2) is 0 Å². The Labute approximate surface area is 217 Å². The second-order valence-electron chi connectivity index (χ2n) is 15.2. The van der Waals surface area contributed by atoms with Crippen molar-refractivity contribution < 1.29 is 17.1 Å². The first-order chi connectivity index (χ1) is 12.9. The second-order valence-corrected chi connectivity index (χ2v) is 66.4. The van der Waals surface area contributed by atoms with Crippen LogP contribution in [0.4, 0.5) is 0 Å². The minimum absolute atomic E-state index is 0. The molecule has 6 heteroatoms. The van der Waals surface area contributed by atoms with Gasteiger partial charge >= 0.3 is 194 Å². The maximum Gasteiger partial charge on any atom is -0.147 e. The average Bonchev–Trinajstić information content (AvgIpc) is 3.11. The van der Waals surface area contributed by atoms with Crippen LogP contribution in [0.5, 0.6) is 0 Å². The Kier molecular flexibility index (Phi) is 9.81. The fourth-order valence-corrected chi connectivity index (χ4v) is 30.3. The molecule has 0 aromatic heterocycles. The molecule has 0 N–H and O–H groups in total. The van der Waals surface area contributed by atoms with Gasteiger partial charge in [-0.1, -0.05) is 0 Å². The first kappa shape index (κ1) is 33.1. The fraction of sp³-hybridized carbons (Fsp3) is 0.692. The molecule has 0 aromatic rings. The molecule has 0 radical (unpaired) electrons. The van der Waals surface area contributed by atoms with Gasteiger partial charge in [-0.2, -0.15) is 0 Å². The Bertz CT molecular complexity index is 873. The van der Waals surface area contributed by atoms with Crippen LogP contribution in [0.25, 0.3) is 0 Å². The van der Waals surface area contributed by atoms with Crippen molar-refractivity contribution in [2.75, 3.05) is 0 Å². The van der Waals surface area contributed by atoms with Crippen LogP contribution in [0.15, 0.2) is 40.4 Å². The van der Waals surface area contributed by atoms with Crippen LogP contribution in [0, 0.1) is 10.8 Å². The fourth-order valence-electron chi connectivity index (χ4n) is 5.11. The van der Waals surface area contributed by atoms with E-state index >= 15 is 0 Å². The molecule has 0 unspecified atom stereocenters. The van der Waals surface area contributed by atoms with Crippen molar-refractivity contribution in [1.82, 2.24) is 0 Å². The Hall–Kier alpha value is 1.06. The summed E-state index contributed by atoms with van der Waals surface area (Å²) < 4.78 is 9.38. The van der Waals surface area contributed by atoms with Gasteiger partial charge in [-0.05, 0) is 0 Å². The van der Waals surface area contributed by atoms with E-state index in [0.717, 1.165) is 0 Å². The largest absolute Gasteiger partial charge is 0.147 e. The molecule has 0 aliphatic heterocycles. The van der Waals surface area contributed by atoms with Crippen LogP contribution in [-0.4, -0.2) is 23.1 Å². The summed E-state index contributed by atoms with van der Waals surface area (Å²) in [7, 11) is -2.60. The summed E-state index contributed by atoms with van der Waals surface area (Å²) in [6, 6.07) is 0. The standard InChI is InChI=1S/2C12H21Si.2CH3.2ClH.Hf.H2Si/c2*1-12(2,3)10-7-8-11(9-10)13(4,5)6;;;;;;/h2*9H,8H2,1-6H3;2*1H3;2*1H;;1H2. The topological polar surface area (TPSA) is 0 Å². The summed E-state index contributed by atoms with van der Waals surface area (Å²) >= 11 is -3.47. The van der Waals surface area contributed by atoms with Gasteiger partial charge in [-0.3, -0.25) is 0 Å². The van der Waals surface area contributed by atoms with E-state index in [2.05, 4.69) is 109 Å². The third-order valence-corrected chi connectivity index (χ3v) is 36.1. The van der Waals surface area contributed by atoms with E-state index < -0.39 is 33.3 Å². The summed E-state index contributed by atoms with van der Waals surface area (Å²) in [6.45, 7) is 32.4. The molecule has 0 amide bonds. The van der Waals surface area contributed by atoms with Crippen molar-refractivity contribution in [2.45, 2.75) is 103 Å². The van der Waals surface area contributed by atoms with E-state index in [1.807, 2.05) is 6.66 Å². The molecule has 0 bridgehead atoms. The summed E-state index contributed by atoms with van der Waals surface area (Å²) in [5.41, 5.74) is 3.88. The van der Waals surface area contributed by atoms with Crippen LogP contribution >= 0.6 is 24.8 Å². The molecule has 0 aromatic carbocycles. The molecule has 0 nitrogen and oxygen atoms in total. The van der Waals surface area contributed by atoms with Gasteiger partial charge in [0.2, 0.25) is 0 Å². The maximum atomic E-state index is 2.78. The van der Waals surface area contributed by atoms with Crippen LogP contribution < -0.4 is 0 Å². The van der Waals surface area contributed by atoms with Gasteiger partial charge in [0.05, 0.1) is 0 Å². The van der Waals surface area contributed by atoms with Gasteiger partial charge in [-0.15, -0.1) is 24.8 Å². The molecule has 2 aliphatic carbocycles. The maximum absolute atomic E-state index is 3.47. The predicted octanol–water partition coefficient (Wildman–Crippen LogP) is 9.18. The summed E-state index contributed by atoms with van der Waals surface area (Å²) in [5.74, 6) is 0. The first-order valence-electron chi connectivity index (χ1n) is 11.9. The minimum Gasteiger partial charge on any atom is -0.147 e. The SMILES string of the molecule is CC(C)(C)C1=[C]([Hf]([CH3])([CH3])(=[SiH2])[C]2=C(C(C)(C)C)C=C([Si](C)(C)C)C2)CC([Si](C)(C)C)=C1.Cl.Cl. The van der Waals surface area contributed by atoms with E-state index in [0.29, 0.717) is 0 Å². The van der Waals surface area contributed by atoms with Gasteiger partial charge in [0, 0.05) is 0 Å². The average molecular weight is 698 g/mol. The first-order valence-corrected chi connectivity index (χ1v) is 38.0. The molecule has 2 aliphatic rings. The second kappa shape index (κ2) is 9.50. The predicted molar refractivity (Wildman–Crippen MR) is 160 cm³/mol. The van der Waals surface area contributed by atoms with Crippen LogP contribution in [-0.2, 0) is 17.1 Å². The molecule has 0 heterocycles. The van der Waals surface area contributed by atoms with Gasteiger partial charge < -0.3 is 0 Å².